The van der Waals surface area contributed by atoms with E-state index in [0.29, 0.717) is 25.8 Å². The average molecular weight is 661 g/mol. The Morgan fingerprint density at radius 1 is 0.776 bits per heavy atom. The summed E-state index contributed by atoms with van der Waals surface area (Å²) in [6.45, 7) is 20.8. The van der Waals surface area contributed by atoms with Crippen LogP contribution in [0.5, 0.6) is 0 Å². The molecule has 49 heavy (non-hydrogen) atoms. The van der Waals surface area contributed by atoms with Gasteiger partial charge in [-0.15, -0.1) is 0 Å². The van der Waals surface area contributed by atoms with Crippen LogP contribution in [0.2, 0.25) is 0 Å². The lowest BCUT2D eigenvalue weighted by Gasteiger charge is -2.08. The highest BCUT2D eigenvalue weighted by atomic mass is 16.4. The molecule has 0 aliphatic carbocycles. The first-order valence-electron chi connectivity index (χ1n) is 17.2. The van der Waals surface area contributed by atoms with Gasteiger partial charge in [0, 0.05) is 59.1 Å². The normalized spacial score (nSPS) is 12.8. The summed E-state index contributed by atoms with van der Waals surface area (Å²) in [4.78, 5) is 41.9. The van der Waals surface area contributed by atoms with Gasteiger partial charge in [0.15, 0.2) is 0 Å². The predicted octanol–water partition coefficient (Wildman–Crippen LogP) is 7.93. The molecular weight excluding hydrogens is 612 g/mol. The van der Waals surface area contributed by atoms with Crippen molar-refractivity contribution >= 4 is 62.3 Å². The SMILES string of the molecule is C=CC1=C(C)c2cc3[nH]c(cc4nc(cc5[nH]c(cc1n2)c(C)c5CCC(=O)O)C(CCC(=O)NCCNCCCC)=C4C)c(C)c3C=C. The van der Waals surface area contributed by atoms with Crippen molar-refractivity contribution in [3.8, 4) is 0 Å². The van der Waals surface area contributed by atoms with Crippen LogP contribution in [0.3, 0.4) is 0 Å². The number of aryl methyl sites for hydroxylation is 3. The lowest BCUT2D eigenvalue weighted by Crippen LogP contribution is -2.32. The Hall–Kier alpha value is -5.02. The fourth-order valence-electron chi connectivity index (χ4n) is 6.58. The van der Waals surface area contributed by atoms with E-state index in [9.17, 15) is 14.7 Å². The van der Waals surface area contributed by atoms with Gasteiger partial charge in [-0.2, -0.15) is 0 Å². The highest BCUT2D eigenvalue weighted by Gasteiger charge is 2.21. The molecule has 8 bridgehead atoms. The van der Waals surface area contributed by atoms with Crippen LogP contribution in [0.25, 0.3) is 50.4 Å². The van der Waals surface area contributed by atoms with Crippen molar-refractivity contribution in [3.63, 3.8) is 0 Å². The summed E-state index contributed by atoms with van der Waals surface area (Å²) < 4.78 is 0. The van der Waals surface area contributed by atoms with E-state index in [1.54, 1.807) is 0 Å². The number of allylic oxidation sites excluding steroid dienone is 5. The van der Waals surface area contributed by atoms with E-state index in [4.69, 9.17) is 9.97 Å². The third-order valence-corrected chi connectivity index (χ3v) is 9.57. The number of hydrogen-bond acceptors (Lipinski definition) is 5. The maximum atomic E-state index is 12.9. The van der Waals surface area contributed by atoms with E-state index in [-0.39, 0.29) is 12.3 Å². The molecule has 256 valence electrons. The number of unbranched alkanes of at least 4 members (excludes halogenated alkanes) is 1. The topological polar surface area (TPSA) is 136 Å². The smallest absolute Gasteiger partial charge is 0.303 e. The average Bonchev–Trinajstić information content (AvgIpc) is 3.73. The molecule has 3 aromatic heterocycles. The number of aromatic nitrogens is 4. The Morgan fingerprint density at radius 3 is 2.14 bits per heavy atom. The van der Waals surface area contributed by atoms with Crippen molar-refractivity contribution in [3.05, 3.63) is 88.5 Å². The molecule has 0 spiro atoms. The lowest BCUT2D eigenvalue weighted by atomic mass is 10.00. The largest absolute Gasteiger partial charge is 0.481 e. The van der Waals surface area contributed by atoms with Gasteiger partial charge in [0.25, 0.3) is 0 Å². The molecule has 5 heterocycles. The number of carbonyl (C=O) groups is 2. The minimum absolute atomic E-state index is 0.00357. The Bertz CT molecular complexity index is 2040. The quantitative estimate of drug-likeness (QED) is 0.112. The molecule has 2 aliphatic heterocycles. The van der Waals surface area contributed by atoms with E-state index in [1.807, 2.05) is 44.2 Å². The second kappa shape index (κ2) is 15.5. The van der Waals surface area contributed by atoms with Crippen LogP contribution in [0, 0.1) is 13.8 Å². The van der Waals surface area contributed by atoms with Crippen LogP contribution in [-0.4, -0.2) is 56.6 Å². The van der Waals surface area contributed by atoms with Crippen LogP contribution in [0.15, 0.2) is 43.5 Å². The third kappa shape index (κ3) is 7.67. The van der Waals surface area contributed by atoms with Crippen LogP contribution < -0.4 is 10.6 Å². The van der Waals surface area contributed by atoms with Gasteiger partial charge in [-0.25, -0.2) is 9.97 Å². The van der Waals surface area contributed by atoms with Crippen molar-refractivity contribution in [1.29, 1.82) is 0 Å². The van der Waals surface area contributed by atoms with Gasteiger partial charge in [0.2, 0.25) is 5.91 Å². The molecule has 5 N–H and O–H groups in total. The molecule has 3 aromatic rings. The van der Waals surface area contributed by atoms with Crippen molar-refractivity contribution in [2.75, 3.05) is 19.6 Å². The Labute approximate surface area is 288 Å². The van der Waals surface area contributed by atoms with Gasteiger partial charge < -0.3 is 25.7 Å². The van der Waals surface area contributed by atoms with Crippen molar-refractivity contribution in [1.82, 2.24) is 30.6 Å². The number of nitrogens with zero attached hydrogens (tertiary/aromatic N) is 2. The summed E-state index contributed by atoms with van der Waals surface area (Å²) in [6, 6.07) is 8.11. The maximum Gasteiger partial charge on any atom is 0.303 e. The highest BCUT2D eigenvalue weighted by Crippen LogP contribution is 2.36. The molecule has 0 unspecified atom stereocenters. The predicted molar refractivity (Wildman–Crippen MR) is 202 cm³/mol. The van der Waals surface area contributed by atoms with E-state index in [0.717, 1.165) is 115 Å². The minimum Gasteiger partial charge on any atom is -0.481 e. The molecule has 0 saturated carbocycles. The number of aromatic amines is 2. The van der Waals surface area contributed by atoms with Crippen molar-refractivity contribution in [2.24, 2.45) is 0 Å². The molecule has 0 radical (unpaired) electrons. The van der Waals surface area contributed by atoms with Gasteiger partial charge >= 0.3 is 5.97 Å². The second-order valence-electron chi connectivity index (χ2n) is 12.8. The number of fused-ring (bicyclic) bond motifs is 8. The van der Waals surface area contributed by atoms with Crippen LogP contribution in [0.1, 0.15) is 97.9 Å². The number of aliphatic carboxylic acids is 1. The fourth-order valence-corrected chi connectivity index (χ4v) is 6.58. The van der Waals surface area contributed by atoms with Gasteiger partial charge in [-0.3, -0.25) is 9.59 Å². The van der Waals surface area contributed by atoms with Gasteiger partial charge in [-0.1, -0.05) is 38.7 Å². The molecule has 0 aromatic carbocycles. The number of rotatable bonds is 14. The maximum absolute atomic E-state index is 12.9. The summed E-state index contributed by atoms with van der Waals surface area (Å²) in [5.74, 6) is -0.864. The third-order valence-electron chi connectivity index (χ3n) is 9.57. The monoisotopic (exact) mass is 660 g/mol. The summed E-state index contributed by atoms with van der Waals surface area (Å²) in [5.41, 5.74) is 14.5. The van der Waals surface area contributed by atoms with Gasteiger partial charge in [-0.05, 0) is 111 Å². The zero-order chi connectivity index (χ0) is 35.2. The zero-order valence-corrected chi connectivity index (χ0v) is 29.4. The van der Waals surface area contributed by atoms with Crippen LogP contribution in [-0.2, 0) is 16.0 Å². The molecular formula is C40H48N6O3. The van der Waals surface area contributed by atoms with E-state index >= 15 is 0 Å². The summed E-state index contributed by atoms with van der Waals surface area (Å²) in [7, 11) is 0. The molecule has 0 fully saturated rings. The number of nitrogens with one attached hydrogen (secondary N) is 4. The van der Waals surface area contributed by atoms with E-state index in [1.165, 1.54) is 0 Å². The number of H-pyrrole nitrogens is 2. The Morgan fingerprint density at radius 2 is 1.43 bits per heavy atom. The number of amides is 1. The summed E-state index contributed by atoms with van der Waals surface area (Å²) in [5, 5.41) is 16.0. The van der Waals surface area contributed by atoms with Crippen LogP contribution >= 0.6 is 0 Å². The first-order valence-corrected chi connectivity index (χ1v) is 17.2. The minimum atomic E-state index is -0.858. The summed E-state index contributed by atoms with van der Waals surface area (Å²) >= 11 is 0. The lowest BCUT2D eigenvalue weighted by molar-refractivity contribution is -0.137. The summed E-state index contributed by atoms with van der Waals surface area (Å²) in [6.07, 6.45) is 7.13. The zero-order valence-electron chi connectivity index (χ0n) is 29.4. The number of hydrogen-bond donors (Lipinski definition) is 5. The molecule has 5 rings (SSSR count). The second-order valence-corrected chi connectivity index (χ2v) is 12.8. The van der Waals surface area contributed by atoms with Crippen LogP contribution in [0.4, 0.5) is 0 Å². The Kier molecular flexibility index (Phi) is 11.1. The molecule has 1 amide bonds. The number of carbonyl (C=O) groups excluding carboxylic acids is 1. The number of carboxylic acids is 1. The van der Waals surface area contributed by atoms with Crippen molar-refractivity contribution < 1.29 is 14.7 Å². The number of carboxylic acid groups (broad SMARTS) is 1. The fraction of sp³-hybridized carbons (Fsp3) is 0.350. The molecule has 9 nitrogen and oxygen atoms in total. The standard InChI is InChI=1S/C40H48N6O3/c1-8-11-16-41-17-18-42-39(47)14-12-29-25(6)32-19-31-23(4)27(9-2)35(43-31)20-33-24(5)28(10-3)36(44-33)21-34-26(7)30(13-15-40(48)49)38(46-34)22-37(29)45-32/h9-10,19-22,41,43,46H,2-3,8,11-18H2,1,4-7H3,(H,42,47)(H,48,49). The van der Waals surface area contributed by atoms with Crippen molar-refractivity contribution in [2.45, 2.75) is 73.1 Å². The van der Waals surface area contributed by atoms with E-state index < -0.39 is 5.97 Å². The molecule has 0 atom stereocenters. The highest BCUT2D eigenvalue weighted by molar-refractivity contribution is 5.98. The van der Waals surface area contributed by atoms with E-state index in [2.05, 4.69) is 60.6 Å². The Balaban J connectivity index is 1.69. The first-order chi connectivity index (χ1) is 23.6. The van der Waals surface area contributed by atoms with Gasteiger partial charge in [0.05, 0.1) is 22.8 Å². The molecule has 9 heteroatoms. The van der Waals surface area contributed by atoms with Gasteiger partial charge in [0.1, 0.15) is 0 Å². The first kappa shape index (κ1) is 35.3. The molecule has 2 aliphatic rings. The molecule has 0 saturated heterocycles.